The highest BCUT2D eigenvalue weighted by molar-refractivity contribution is 5.98. The number of carbonyl (C=O) groups is 2. The molecule has 1 fully saturated rings. The summed E-state index contributed by atoms with van der Waals surface area (Å²) in [4.78, 5) is 29.6. The van der Waals surface area contributed by atoms with Crippen molar-refractivity contribution in [1.82, 2.24) is 4.90 Å². The Morgan fingerprint density at radius 1 is 0.919 bits per heavy atom. The summed E-state index contributed by atoms with van der Waals surface area (Å²) in [7, 11) is 1.35. The first-order valence-corrected chi connectivity index (χ1v) is 12.7. The molecule has 37 heavy (non-hydrogen) atoms. The van der Waals surface area contributed by atoms with Crippen LogP contribution in [0.25, 0.3) is 0 Å². The smallest absolute Gasteiger partial charge is 0.337 e. The van der Waals surface area contributed by atoms with Crippen molar-refractivity contribution in [1.29, 1.82) is 0 Å². The quantitative estimate of drug-likeness (QED) is 0.419. The van der Waals surface area contributed by atoms with Gasteiger partial charge in [-0.05, 0) is 47.4 Å². The largest absolute Gasteiger partial charge is 0.484 e. The third-order valence-corrected chi connectivity index (χ3v) is 6.57. The minimum atomic E-state index is -0.448. The lowest BCUT2D eigenvalue weighted by Gasteiger charge is -2.37. The monoisotopic (exact) mass is 501 g/mol. The fraction of sp³-hybridized carbons (Fsp3) is 0.333. The predicted molar refractivity (Wildman–Crippen MR) is 146 cm³/mol. The first-order chi connectivity index (χ1) is 17.9. The van der Waals surface area contributed by atoms with Crippen molar-refractivity contribution < 1.29 is 19.1 Å². The maximum absolute atomic E-state index is 12.8. The molecule has 0 aliphatic carbocycles. The normalized spacial score (nSPS) is 13.9. The number of hydrogen-bond acceptors (Lipinski definition) is 6. The zero-order valence-electron chi connectivity index (χ0n) is 21.8. The first kappa shape index (κ1) is 26.2. The molecule has 0 atom stereocenters. The number of carbonyl (C=O) groups excluding carboxylic acids is 2. The van der Waals surface area contributed by atoms with Gasteiger partial charge >= 0.3 is 5.97 Å². The van der Waals surface area contributed by atoms with E-state index in [4.69, 9.17) is 9.47 Å². The van der Waals surface area contributed by atoms with Crippen LogP contribution in [-0.2, 0) is 16.1 Å². The number of nitrogens with zero attached hydrogens (tertiary/aromatic N) is 2. The van der Waals surface area contributed by atoms with Crippen LogP contribution in [0.15, 0.2) is 72.8 Å². The summed E-state index contributed by atoms with van der Waals surface area (Å²) < 4.78 is 10.6. The summed E-state index contributed by atoms with van der Waals surface area (Å²) in [6.45, 7) is 8.47. The number of amides is 1. The van der Waals surface area contributed by atoms with E-state index in [0.29, 0.717) is 22.9 Å². The molecule has 0 saturated carbocycles. The Labute approximate surface area is 219 Å². The van der Waals surface area contributed by atoms with Gasteiger partial charge in [0.25, 0.3) is 5.91 Å². The minimum absolute atomic E-state index is 0.131. The summed E-state index contributed by atoms with van der Waals surface area (Å²) in [6, 6.07) is 23.5. The summed E-state index contributed by atoms with van der Waals surface area (Å²) >= 11 is 0. The van der Waals surface area contributed by atoms with Crippen molar-refractivity contribution >= 4 is 23.3 Å². The number of benzene rings is 3. The van der Waals surface area contributed by atoms with Gasteiger partial charge in [0.05, 0.1) is 24.0 Å². The van der Waals surface area contributed by atoms with E-state index in [2.05, 4.69) is 53.2 Å². The Balaban J connectivity index is 1.41. The minimum Gasteiger partial charge on any atom is -0.484 e. The molecular formula is C30H35N3O4. The Bertz CT molecular complexity index is 1190. The average Bonchev–Trinajstić information content (AvgIpc) is 2.93. The molecule has 0 unspecified atom stereocenters. The second-order valence-corrected chi connectivity index (χ2v) is 9.53. The van der Waals surface area contributed by atoms with E-state index >= 15 is 0 Å². The van der Waals surface area contributed by atoms with Crippen LogP contribution >= 0.6 is 0 Å². The molecule has 1 amide bonds. The molecule has 194 valence electrons. The van der Waals surface area contributed by atoms with Gasteiger partial charge in [0.2, 0.25) is 0 Å². The molecule has 0 aromatic heterocycles. The molecule has 1 N–H and O–H groups in total. The Kier molecular flexibility index (Phi) is 8.80. The van der Waals surface area contributed by atoms with Gasteiger partial charge in [-0.3, -0.25) is 9.69 Å². The topological polar surface area (TPSA) is 71.1 Å². The van der Waals surface area contributed by atoms with Crippen molar-refractivity contribution in [2.24, 2.45) is 0 Å². The summed E-state index contributed by atoms with van der Waals surface area (Å²) in [5.74, 6) is 0.325. The second-order valence-electron chi connectivity index (χ2n) is 9.53. The number of rotatable bonds is 9. The Hall–Kier alpha value is -3.84. The number of methoxy groups -OCH3 is 1. The van der Waals surface area contributed by atoms with Crippen molar-refractivity contribution in [3.05, 3.63) is 89.5 Å². The molecule has 0 bridgehead atoms. The number of ether oxygens (including phenoxy) is 2. The molecule has 0 spiro atoms. The fourth-order valence-corrected chi connectivity index (χ4v) is 4.43. The van der Waals surface area contributed by atoms with Crippen LogP contribution in [0.1, 0.15) is 41.3 Å². The zero-order chi connectivity index (χ0) is 26.2. The highest BCUT2D eigenvalue weighted by atomic mass is 16.5. The van der Waals surface area contributed by atoms with Crippen molar-refractivity contribution in [3.63, 3.8) is 0 Å². The number of anilines is 2. The van der Waals surface area contributed by atoms with E-state index in [-0.39, 0.29) is 12.5 Å². The van der Waals surface area contributed by atoms with Crippen LogP contribution < -0.4 is 15.0 Å². The van der Waals surface area contributed by atoms with Gasteiger partial charge in [0.15, 0.2) is 6.61 Å². The van der Waals surface area contributed by atoms with E-state index < -0.39 is 5.97 Å². The lowest BCUT2D eigenvalue weighted by atomic mass is 10.0. The molecule has 1 heterocycles. The third kappa shape index (κ3) is 7.11. The van der Waals surface area contributed by atoms with Crippen molar-refractivity contribution in [2.45, 2.75) is 26.3 Å². The van der Waals surface area contributed by atoms with Gasteiger partial charge in [-0.1, -0.05) is 56.3 Å². The Morgan fingerprint density at radius 2 is 1.62 bits per heavy atom. The molecule has 0 radical (unpaired) electrons. The number of nitrogens with one attached hydrogen (secondary N) is 1. The predicted octanol–water partition coefficient (Wildman–Crippen LogP) is 4.94. The maximum Gasteiger partial charge on any atom is 0.337 e. The van der Waals surface area contributed by atoms with Gasteiger partial charge in [-0.25, -0.2) is 4.79 Å². The molecule has 3 aromatic carbocycles. The molecule has 4 rings (SSSR count). The van der Waals surface area contributed by atoms with Crippen LogP contribution in [0.3, 0.4) is 0 Å². The van der Waals surface area contributed by atoms with Gasteiger partial charge in [0.1, 0.15) is 5.75 Å². The van der Waals surface area contributed by atoms with Gasteiger partial charge < -0.3 is 19.7 Å². The van der Waals surface area contributed by atoms with Crippen molar-refractivity contribution in [2.75, 3.05) is 50.1 Å². The van der Waals surface area contributed by atoms with Crippen LogP contribution in [-0.4, -0.2) is 56.7 Å². The second kappa shape index (κ2) is 12.4. The summed E-state index contributed by atoms with van der Waals surface area (Å²) in [5.41, 5.74) is 4.34. The van der Waals surface area contributed by atoms with Gasteiger partial charge in [-0.2, -0.15) is 0 Å². The highest BCUT2D eigenvalue weighted by Gasteiger charge is 2.21. The molecule has 1 aliphatic rings. The number of esters is 1. The standard InChI is InChI=1S/C30H35N3O4/c1-22(2)24-9-12-26(13-10-24)37-21-29(34)31-27-19-25(30(35)36-3)11-14-28(27)33-17-15-32(16-18-33)20-23-7-5-4-6-8-23/h4-14,19,22H,15-18,20-21H2,1-3H3,(H,31,34). The molecular weight excluding hydrogens is 466 g/mol. The van der Waals surface area contributed by atoms with E-state index in [1.165, 1.54) is 18.2 Å². The molecule has 7 heteroatoms. The van der Waals surface area contributed by atoms with E-state index in [0.717, 1.165) is 38.4 Å². The van der Waals surface area contributed by atoms with Crippen LogP contribution in [0.2, 0.25) is 0 Å². The molecule has 1 saturated heterocycles. The lowest BCUT2D eigenvalue weighted by molar-refractivity contribution is -0.118. The van der Waals surface area contributed by atoms with Gasteiger partial charge in [-0.15, -0.1) is 0 Å². The lowest BCUT2D eigenvalue weighted by Crippen LogP contribution is -2.46. The Morgan fingerprint density at radius 3 is 2.27 bits per heavy atom. The third-order valence-electron chi connectivity index (χ3n) is 6.57. The zero-order valence-corrected chi connectivity index (χ0v) is 21.8. The average molecular weight is 502 g/mol. The maximum atomic E-state index is 12.8. The van der Waals surface area contributed by atoms with Gasteiger partial charge in [0, 0.05) is 32.7 Å². The molecule has 3 aromatic rings. The highest BCUT2D eigenvalue weighted by Crippen LogP contribution is 2.29. The van der Waals surface area contributed by atoms with Crippen LogP contribution in [0, 0.1) is 0 Å². The number of hydrogen-bond donors (Lipinski definition) is 1. The van der Waals surface area contributed by atoms with Crippen LogP contribution in [0.4, 0.5) is 11.4 Å². The molecule has 1 aliphatic heterocycles. The van der Waals surface area contributed by atoms with Crippen LogP contribution in [0.5, 0.6) is 5.75 Å². The van der Waals surface area contributed by atoms with Crippen molar-refractivity contribution in [3.8, 4) is 5.75 Å². The van der Waals surface area contributed by atoms with E-state index in [9.17, 15) is 9.59 Å². The van der Waals surface area contributed by atoms with E-state index in [1.54, 1.807) is 12.1 Å². The number of piperazine rings is 1. The summed E-state index contributed by atoms with van der Waals surface area (Å²) in [6.07, 6.45) is 0. The fourth-order valence-electron chi connectivity index (χ4n) is 4.43. The molecule has 7 nitrogen and oxygen atoms in total. The summed E-state index contributed by atoms with van der Waals surface area (Å²) in [5, 5.41) is 2.95. The van der Waals surface area contributed by atoms with E-state index in [1.807, 2.05) is 36.4 Å². The SMILES string of the molecule is COC(=O)c1ccc(N2CCN(Cc3ccccc3)CC2)c(NC(=O)COc2ccc(C(C)C)cc2)c1. The first-order valence-electron chi connectivity index (χ1n) is 12.7.